The molecule has 1 aliphatic heterocycles. The third-order valence-corrected chi connectivity index (χ3v) is 1.63. The van der Waals surface area contributed by atoms with Crippen LogP contribution in [0.3, 0.4) is 0 Å². The summed E-state index contributed by atoms with van der Waals surface area (Å²) in [6.45, 7) is 3.12. The van der Waals surface area contributed by atoms with Crippen LogP contribution in [0.15, 0.2) is 0 Å². The third-order valence-electron chi connectivity index (χ3n) is 1.63. The van der Waals surface area contributed by atoms with Crippen molar-refractivity contribution in [3.63, 3.8) is 0 Å². The monoisotopic (exact) mass is 151 g/mol. The van der Waals surface area contributed by atoms with Crippen LogP contribution in [0, 0.1) is 5.92 Å². The molecule has 2 nitrogen and oxygen atoms in total. The van der Waals surface area contributed by atoms with Crippen molar-refractivity contribution in [3.8, 4) is 0 Å². The van der Waals surface area contributed by atoms with Gasteiger partial charge in [-0.1, -0.05) is 6.92 Å². The van der Waals surface area contributed by atoms with Crippen LogP contribution in [0.5, 0.6) is 0 Å². The van der Waals surface area contributed by atoms with Gasteiger partial charge in [-0.05, 0) is 0 Å². The summed E-state index contributed by atoms with van der Waals surface area (Å²) in [6, 6.07) is 0. The molecular weight excluding hydrogens is 140 g/mol. The van der Waals surface area contributed by atoms with E-state index in [1.165, 1.54) is 0 Å². The van der Waals surface area contributed by atoms with E-state index >= 15 is 0 Å². The van der Waals surface area contributed by atoms with Crippen molar-refractivity contribution in [1.29, 1.82) is 0 Å². The van der Waals surface area contributed by atoms with Crippen molar-refractivity contribution in [1.82, 2.24) is 5.48 Å². The zero-order valence-corrected chi connectivity index (χ0v) is 6.03. The number of halogens is 2. The minimum Gasteiger partial charge on any atom is -0.292 e. The van der Waals surface area contributed by atoms with Gasteiger partial charge in [0.1, 0.15) is 6.10 Å². The minimum absolute atomic E-state index is 0.111. The molecule has 0 radical (unpaired) electrons. The second kappa shape index (κ2) is 2.43. The fourth-order valence-corrected chi connectivity index (χ4v) is 1.10. The van der Waals surface area contributed by atoms with E-state index in [0.717, 1.165) is 6.92 Å². The fourth-order valence-electron chi connectivity index (χ4n) is 1.10. The molecule has 0 saturated carbocycles. The van der Waals surface area contributed by atoms with Gasteiger partial charge in [-0.2, -0.15) is 0 Å². The molecule has 1 fully saturated rings. The van der Waals surface area contributed by atoms with Crippen LogP contribution in [-0.2, 0) is 4.84 Å². The highest BCUT2D eigenvalue weighted by Crippen LogP contribution is 2.28. The highest BCUT2D eigenvalue weighted by atomic mass is 19.3. The summed E-state index contributed by atoms with van der Waals surface area (Å²) in [5.74, 6) is -2.84. The van der Waals surface area contributed by atoms with Crippen LogP contribution >= 0.6 is 0 Å². The summed E-state index contributed by atoms with van der Waals surface area (Å²) in [7, 11) is 0. The first kappa shape index (κ1) is 7.88. The van der Waals surface area contributed by atoms with Crippen molar-refractivity contribution in [2.45, 2.75) is 25.9 Å². The first-order valence-corrected chi connectivity index (χ1v) is 3.28. The fraction of sp³-hybridized carbons (Fsp3) is 1.00. The van der Waals surface area contributed by atoms with Gasteiger partial charge >= 0.3 is 0 Å². The molecule has 4 heteroatoms. The molecule has 0 aromatic carbocycles. The lowest BCUT2D eigenvalue weighted by Crippen LogP contribution is -2.34. The summed E-state index contributed by atoms with van der Waals surface area (Å²) in [4.78, 5) is 4.63. The van der Waals surface area contributed by atoms with E-state index in [4.69, 9.17) is 0 Å². The van der Waals surface area contributed by atoms with Crippen molar-refractivity contribution in [2.24, 2.45) is 5.92 Å². The molecule has 0 aromatic rings. The molecular formula is C6H11F2NO. The molecule has 0 aliphatic carbocycles. The van der Waals surface area contributed by atoms with Crippen molar-refractivity contribution < 1.29 is 13.6 Å². The molecule has 60 valence electrons. The SMILES string of the molecule is CC1CNOC1C(C)(F)F. The average Bonchev–Trinajstić information content (AvgIpc) is 2.11. The van der Waals surface area contributed by atoms with Gasteiger partial charge in [0.2, 0.25) is 0 Å². The van der Waals surface area contributed by atoms with Gasteiger partial charge in [-0.15, -0.1) is 0 Å². The highest BCUT2D eigenvalue weighted by molar-refractivity contribution is 4.81. The lowest BCUT2D eigenvalue weighted by Gasteiger charge is -2.19. The molecule has 1 heterocycles. The Morgan fingerprint density at radius 2 is 2.20 bits per heavy atom. The standard InChI is InChI=1S/C6H11F2NO/c1-4-3-9-10-5(4)6(2,7)8/h4-5,9H,3H2,1-2H3. The van der Waals surface area contributed by atoms with Crippen LogP contribution in [0.1, 0.15) is 13.8 Å². The van der Waals surface area contributed by atoms with E-state index in [2.05, 4.69) is 10.3 Å². The first-order valence-electron chi connectivity index (χ1n) is 3.28. The van der Waals surface area contributed by atoms with Gasteiger partial charge < -0.3 is 0 Å². The van der Waals surface area contributed by atoms with Crippen molar-refractivity contribution >= 4 is 0 Å². The zero-order chi connectivity index (χ0) is 7.78. The van der Waals surface area contributed by atoms with Crippen LogP contribution in [-0.4, -0.2) is 18.6 Å². The van der Waals surface area contributed by atoms with E-state index in [1.807, 2.05) is 0 Å². The second-order valence-electron chi connectivity index (χ2n) is 2.82. The van der Waals surface area contributed by atoms with E-state index in [1.54, 1.807) is 6.92 Å². The predicted molar refractivity (Wildman–Crippen MR) is 32.7 cm³/mol. The molecule has 2 atom stereocenters. The second-order valence-corrected chi connectivity index (χ2v) is 2.82. The maximum absolute atomic E-state index is 12.5. The molecule has 10 heavy (non-hydrogen) atoms. The molecule has 0 spiro atoms. The van der Waals surface area contributed by atoms with Gasteiger partial charge in [-0.3, -0.25) is 4.84 Å². The van der Waals surface area contributed by atoms with E-state index in [9.17, 15) is 8.78 Å². The summed E-state index contributed by atoms with van der Waals surface area (Å²) >= 11 is 0. The van der Waals surface area contributed by atoms with E-state index in [-0.39, 0.29) is 5.92 Å². The average molecular weight is 151 g/mol. The Labute approximate surface area is 58.5 Å². The molecule has 1 rings (SSSR count). The normalized spacial score (nSPS) is 34.8. The number of hydrogen-bond donors (Lipinski definition) is 1. The van der Waals surface area contributed by atoms with Gasteiger partial charge in [0.25, 0.3) is 5.92 Å². The Balaban J connectivity index is 2.55. The zero-order valence-electron chi connectivity index (χ0n) is 6.03. The van der Waals surface area contributed by atoms with Gasteiger partial charge in [0, 0.05) is 19.4 Å². The van der Waals surface area contributed by atoms with Crippen LogP contribution < -0.4 is 5.48 Å². The van der Waals surface area contributed by atoms with Gasteiger partial charge in [0.15, 0.2) is 0 Å². The quantitative estimate of drug-likeness (QED) is 0.607. The third kappa shape index (κ3) is 1.44. The maximum Gasteiger partial charge on any atom is 0.273 e. The molecule has 1 aliphatic rings. The molecule has 0 aromatic heterocycles. The molecule has 0 amide bonds. The summed E-state index contributed by atoms with van der Waals surface area (Å²) in [6.07, 6.45) is -0.965. The smallest absolute Gasteiger partial charge is 0.273 e. The molecule has 0 bridgehead atoms. The highest BCUT2D eigenvalue weighted by Gasteiger charge is 2.42. The first-order chi connectivity index (χ1) is 4.52. The van der Waals surface area contributed by atoms with E-state index < -0.39 is 12.0 Å². The number of nitrogens with one attached hydrogen (secondary N) is 1. The van der Waals surface area contributed by atoms with E-state index in [0.29, 0.717) is 6.54 Å². The number of hydrogen-bond acceptors (Lipinski definition) is 2. The predicted octanol–water partition coefficient (Wildman–Crippen LogP) is 1.18. The molecule has 1 saturated heterocycles. The Morgan fingerprint density at radius 3 is 2.40 bits per heavy atom. The van der Waals surface area contributed by atoms with Crippen LogP contribution in [0.2, 0.25) is 0 Å². The number of rotatable bonds is 1. The molecule has 2 unspecified atom stereocenters. The topological polar surface area (TPSA) is 21.3 Å². The van der Waals surface area contributed by atoms with Crippen molar-refractivity contribution in [3.05, 3.63) is 0 Å². The lowest BCUT2D eigenvalue weighted by atomic mass is 10.0. The Kier molecular flexibility index (Phi) is 1.92. The number of hydroxylamine groups is 1. The lowest BCUT2D eigenvalue weighted by molar-refractivity contribution is -0.135. The summed E-state index contributed by atoms with van der Waals surface area (Å²) in [5.41, 5.74) is 2.45. The molecule has 1 N–H and O–H groups in total. The number of alkyl halides is 2. The summed E-state index contributed by atoms with van der Waals surface area (Å²) in [5, 5.41) is 0. The van der Waals surface area contributed by atoms with Gasteiger partial charge in [-0.25, -0.2) is 14.3 Å². The summed E-state index contributed by atoms with van der Waals surface area (Å²) < 4.78 is 25.0. The van der Waals surface area contributed by atoms with Gasteiger partial charge in [0.05, 0.1) is 0 Å². The van der Waals surface area contributed by atoms with Crippen molar-refractivity contribution in [2.75, 3.05) is 6.54 Å². The Morgan fingerprint density at radius 1 is 1.60 bits per heavy atom. The Hall–Kier alpha value is -0.220. The largest absolute Gasteiger partial charge is 0.292 e. The Bertz CT molecular complexity index is 123. The van der Waals surface area contributed by atoms with Crippen LogP contribution in [0.4, 0.5) is 8.78 Å². The maximum atomic E-state index is 12.5. The minimum atomic E-state index is -2.73. The van der Waals surface area contributed by atoms with Crippen LogP contribution in [0.25, 0.3) is 0 Å².